The Hall–Kier alpha value is 0.640. The molecule has 0 aliphatic carbocycles. The second-order valence-corrected chi connectivity index (χ2v) is 4.83. The largest absolute Gasteiger partial charge is 0.237 e. The Bertz CT molecular complexity index is 240. The third-order valence-electron chi connectivity index (χ3n) is 1.63. The Labute approximate surface area is 99.8 Å². The molecule has 0 bridgehead atoms. The molecule has 0 unspecified atom stereocenters. The predicted molar refractivity (Wildman–Crippen MR) is 65.8 cm³/mol. The minimum Gasteiger partial charge on any atom is -0.237 e. The molecule has 12 heavy (non-hydrogen) atoms. The summed E-state index contributed by atoms with van der Waals surface area (Å²) in [4.78, 5) is 0. The third-order valence-corrected chi connectivity index (χ3v) is 3.65. The van der Waals surface area contributed by atoms with Gasteiger partial charge in [0.2, 0.25) is 0 Å². The van der Waals surface area contributed by atoms with Gasteiger partial charge in [0.1, 0.15) is 0 Å². The Kier molecular flexibility index (Phi) is 4.81. The lowest BCUT2D eigenvalue weighted by atomic mass is 10.1. The topological polar surface area (TPSA) is 19.9 Å². The molecule has 0 N–H and O–H groups in total. The highest BCUT2D eigenvalue weighted by atomic mass is 127. The fraction of sp³-hybridized carbons (Fsp3) is 0.333. The third kappa shape index (κ3) is 2.85. The summed E-state index contributed by atoms with van der Waals surface area (Å²) in [5.74, 6) is 0. The molecule has 0 spiro atoms. The van der Waals surface area contributed by atoms with E-state index >= 15 is 0 Å². The standard InChI is InChI=1S/C9H9I2O/c10-8-4-1-5-9(11)7(8)3-2-6-12/h1,4-5H,2-3,6H2. The van der Waals surface area contributed by atoms with Crippen molar-refractivity contribution in [3.05, 3.63) is 30.9 Å². The summed E-state index contributed by atoms with van der Waals surface area (Å²) in [5.41, 5.74) is 1.33. The number of benzene rings is 1. The van der Waals surface area contributed by atoms with Crippen molar-refractivity contribution in [2.45, 2.75) is 12.8 Å². The van der Waals surface area contributed by atoms with E-state index in [-0.39, 0.29) is 6.61 Å². The van der Waals surface area contributed by atoms with Gasteiger partial charge >= 0.3 is 0 Å². The van der Waals surface area contributed by atoms with Crippen LogP contribution in [0, 0.1) is 7.14 Å². The summed E-state index contributed by atoms with van der Waals surface area (Å²) >= 11 is 4.64. The number of halogens is 2. The summed E-state index contributed by atoms with van der Waals surface area (Å²) in [6.07, 6.45) is 1.66. The first-order chi connectivity index (χ1) is 5.75. The van der Waals surface area contributed by atoms with Crippen molar-refractivity contribution in [1.82, 2.24) is 0 Å². The maximum Gasteiger partial charge on any atom is 0.0825 e. The highest BCUT2D eigenvalue weighted by Crippen LogP contribution is 2.20. The SMILES string of the molecule is [O]CCCc1c(I)cccc1I. The molecule has 0 aromatic heterocycles. The van der Waals surface area contributed by atoms with Crippen LogP contribution in [0.5, 0.6) is 0 Å². The number of hydrogen-bond donors (Lipinski definition) is 0. The van der Waals surface area contributed by atoms with E-state index in [0.717, 1.165) is 12.8 Å². The fourth-order valence-corrected chi connectivity index (χ4v) is 3.07. The zero-order chi connectivity index (χ0) is 8.97. The molecular weight excluding hydrogens is 378 g/mol. The first-order valence-electron chi connectivity index (χ1n) is 3.76. The van der Waals surface area contributed by atoms with Crippen LogP contribution >= 0.6 is 45.2 Å². The molecule has 0 amide bonds. The summed E-state index contributed by atoms with van der Waals surface area (Å²) < 4.78 is 2.54. The average molecular weight is 387 g/mol. The highest BCUT2D eigenvalue weighted by molar-refractivity contribution is 14.1. The van der Waals surface area contributed by atoms with Crippen molar-refractivity contribution in [3.8, 4) is 0 Å². The summed E-state index contributed by atoms with van der Waals surface area (Å²) in [5, 5.41) is 10.3. The second-order valence-electron chi connectivity index (χ2n) is 2.51. The van der Waals surface area contributed by atoms with Gasteiger partial charge in [-0.3, -0.25) is 0 Å². The van der Waals surface area contributed by atoms with Crippen molar-refractivity contribution >= 4 is 45.2 Å². The molecular formula is C9H9I2O. The molecule has 0 heterocycles. The van der Waals surface area contributed by atoms with Crippen LogP contribution in [-0.4, -0.2) is 6.61 Å². The van der Waals surface area contributed by atoms with Crippen LogP contribution in [-0.2, 0) is 11.5 Å². The van der Waals surface area contributed by atoms with E-state index in [1.54, 1.807) is 0 Å². The van der Waals surface area contributed by atoms with Gasteiger partial charge in [-0.05, 0) is 75.7 Å². The van der Waals surface area contributed by atoms with E-state index in [1.807, 2.05) is 6.07 Å². The van der Waals surface area contributed by atoms with E-state index in [1.165, 1.54) is 12.7 Å². The van der Waals surface area contributed by atoms with Gasteiger partial charge in [-0.25, -0.2) is 5.11 Å². The second kappa shape index (κ2) is 5.39. The van der Waals surface area contributed by atoms with Gasteiger partial charge in [0, 0.05) is 7.14 Å². The van der Waals surface area contributed by atoms with Gasteiger partial charge in [-0.2, -0.15) is 0 Å². The van der Waals surface area contributed by atoms with E-state index < -0.39 is 0 Å². The van der Waals surface area contributed by atoms with E-state index in [2.05, 4.69) is 57.3 Å². The van der Waals surface area contributed by atoms with Gasteiger partial charge in [0.15, 0.2) is 0 Å². The first kappa shape index (κ1) is 10.7. The molecule has 0 saturated carbocycles. The van der Waals surface area contributed by atoms with Gasteiger partial charge < -0.3 is 0 Å². The number of hydrogen-bond acceptors (Lipinski definition) is 0. The fourth-order valence-electron chi connectivity index (χ4n) is 1.02. The molecule has 1 nitrogen and oxygen atoms in total. The van der Waals surface area contributed by atoms with Crippen LogP contribution < -0.4 is 0 Å². The molecule has 1 rings (SSSR count). The molecule has 65 valence electrons. The van der Waals surface area contributed by atoms with E-state index in [4.69, 9.17) is 0 Å². The van der Waals surface area contributed by atoms with Gasteiger partial charge in [0.05, 0.1) is 6.61 Å². The van der Waals surface area contributed by atoms with Crippen LogP contribution in [0.25, 0.3) is 0 Å². The van der Waals surface area contributed by atoms with Crippen LogP contribution in [0.2, 0.25) is 0 Å². The zero-order valence-electron chi connectivity index (χ0n) is 6.52. The quantitative estimate of drug-likeness (QED) is 0.710. The Balaban J connectivity index is 2.81. The van der Waals surface area contributed by atoms with E-state index in [0.29, 0.717) is 0 Å². The lowest BCUT2D eigenvalue weighted by Crippen LogP contribution is -1.94. The molecule has 0 saturated heterocycles. The van der Waals surface area contributed by atoms with Crippen LogP contribution in [0.4, 0.5) is 0 Å². The first-order valence-corrected chi connectivity index (χ1v) is 5.92. The smallest absolute Gasteiger partial charge is 0.0825 e. The van der Waals surface area contributed by atoms with Crippen molar-refractivity contribution in [2.24, 2.45) is 0 Å². The van der Waals surface area contributed by atoms with E-state index in [9.17, 15) is 5.11 Å². The molecule has 1 aromatic carbocycles. The van der Waals surface area contributed by atoms with Gasteiger partial charge in [-0.15, -0.1) is 0 Å². The Morgan fingerprint density at radius 1 is 1.17 bits per heavy atom. The summed E-state index contributed by atoms with van der Waals surface area (Å²) in [7, 11) is 0. The van der Waals surface area contributed by atoms with Gasteiger partial charge in [0.25, 0.3) is 0 Å². The lowest BCUT2D eigenvalue weighted by molar-refractivity contribution is 0.189. The monoisotopic (exact) mass is 387 g/mol. The van der Waals surface area contributed by atoms with Crippen LogP contribution in [0.15, 0.2) is 18.2 Å². The molecule has 1 radical (unpaired) electrons. The molecule has 0 aliphatic heterocycles. The molecule has 3 heteroatoms. The molecule has 0 fully saturated rings. The van der Waals surface area contributed by atoms with Crippen molar-refractivity contribution in [3.63, 3.8) is 0 Å². The minimum absolute atomic E-state index is 0.0288. The molecule has 0 atom stereocenters. The highest BCUT2D eigenvalue weighted by Gasteiger charge is 2.02. The van der Waals surface area contributed by atoms with Crippen LogP contribution in [0.1, 0.15) is 12.0 Å². The van der Waals surface area contributed by atoms with Crippen molar-refractivity contribution in [2.75, 3.05) is 6.61 Å². The van der Waals surface area contributed by atoms with Crippen molar-refractivity contribution < 1.29 is 5.11 Å². The molecule has 0 aliphatic rings. The Morgan fingerprint density at radius 2 is 1.75 bits per heavy atom. The average Bonchev–Trinajstić information content (AvgIpc) is 2.04. The van der Waals surface area contributed by atoms with Gasteiger partial charge in [-0.1, -0.05) is 6.07 Å². The zero-order valence-corrected chi connectivity index (χ0v) is 10.8. The van der Waals surface area contributed by atoms with Crippen LogP contribution in [0.3, 0.4) is 0 Å². The predicted octanol–water partition coefficient (Wildman–Crippen LogP) is 3.26. The minimum atomic E-state index is 0.0288. The number of rotatable bonds is 3. The maximum absolute atomic E-state index is 10.3. The normalized spacial score (nSPS) is 10.2. The van der Waals surface area contributed by atoms with Crippen molar-refractivity contribution in [1.29, 1.82) is 0 Å². The summed E-state index contributed by atoms with van der Waals surface area (Å²) in [6.45, 7) is 0.0288. The lowest BCUT2D eigenvalue weighted by Gasteiger charge is -2.04. The maximum atomic E-state index is 10.3. The molecule has 1 aromatic rings. The summed E-state index contributed by atoms with van der Waals surface area (Å²) in [6, 6.07) is 6.22. The Morgan fingerprint density at radius 3 is 2.25 bits per heavy atom.